The highest BCUT2D eigenvalue weighted by Crippen LogP contribution is 2.23. The fourth-order valence-electron chi connectivity index (χ4n) is 2.01. The van der Waals surface area contributed by atoms with Crippen LogP contribution in [0.15, 0.2) is 42.5 Å². The maximum atomic E-state index is 13.1. The smallest absolute Gasteiger partial charge is 0.324 e. The zero-order chi connectivity index (χ0) is 15.9. The number of hydrogen-bond donors (Lipinski definition) is 0. The number of halogens is 2. The molecule has 0 unspecified atom stereocenters. The van der Waals surface area contributed by atoms with Crippen LogP contribution in [0, 0.1) is 11.6 Å². The van der Waals surface area contributed by atoms with Crippen LogP contribution < -0.4 is 0 Å². The molecule has 0 aliphatic carbocycles. The van der Waals surface area contributed by atoms with Gasteiger partial charge in [0.15, 0.2) is 11.6 Å². The molecule has 2 amide bonds. The second-order valence-corrected chi connectivity index (χ2v) is 4.46. The van der Waals surface area contributed by atoms with Gasteiger partial charge in [-0.15, -0.1) is 0 Å². The molecule has 1 aliphatic rings. The third-order valence-corrected chi connectivity index (χ3v) is 3.09. The quantitative estimate of drug-likeness (QED) is 0.799. The predicted octanol–water partition coefficient (Wildman–Crippen LogP) is 2.33. The molecule has 0 saturated carbocycles. The van der Waals surface area contributed by atoms with Gasteiger partial charge in [0.25, 0.3) is 11.8 Å². The molecule has 22 heavy (non-hydrogen) atoms. The maximum Gasteiger partial charge on any atom is 0.364 e. The maximum absolute atomic E-state index is 13.1. The summed E-state index contributed by atoms with van der Waals surface area (Å²) in [5.41, 5.74) is -0.119. The summed E-state index contributed by atoms with van der Waals surface area (Å²) >= 11 is 0. The number of benzene rings is 2. The normalized spacial score (nSPS) is 13.3. The molecular formula is C15H7F2NO4. The van der Waals surface area contributed by atoms with Gasteiger partial charge < -0.3 is 4.84 Å². The molecule has 0 radical (unpaired) electrons. The highest BCUT2D eigenvalue weighted by atomic mass is 19.2. The van der Waals surface area contributed by atoms with Crippen LogP contribution in [0.1, 0.15) is 31.1 Å². The molecular weight excluding hydrogens is 296 g/mol. The Morgan fingerprint density at radius 3 is 2.05 bits per heavy atom. The number of imide groups is 1. The molecule has 2 aromatic carbocycles. The van der Waals surface area contributed by atoms with Gasteiger partial charge >= 0.3 is 5.97 Å². The summed E-state index contributed by atoms with van der Waals surface area (Å²) in [4.78, 5) is 40.5. The van der Waals surface area contributed by atoms with Gasteiger partial charge in [-0.05, 0) is 30.3 Å². The van der Waals surface area contributed by atoms with E-state index in [2.05, 4.69) is 0 Å². The second-order valence-electron chi connectivity index (χ2n) is 4.46. The molecule has 0 aromatic heterocycles. The summed E-state index contributed by atoms with van der Waals surface area (Å²) in [5, 5.41) is 0.300. The monoisotopic (exact) mass is 303 g/mol. The minimum Gasteiger partial charge on any atom is -0.324 e. The topological polar surface area (TPSA) is 63.7 Å². The van der Waals surface area contributed by atoms with Crippen LogP contribution >= 0.6 is 0 Å². The first-order chi connectivity index (χ1) is 10.5. The largest absolute Gasteiger partial charge is 0.364 e. The molecule has 0 spiro atoms. The Balaban J connectivity index is 1.85. The fourth-order valence-corrected chi connectivity index (χ4v) is 2.01. The molecule has 3 rings (SSSR count). The Morgan fingerprint density at radius 2 is 1.50 bits per heavy atom. The highest BCUT2D eigenvalue weighted by molar-refractivity contribution is 6.21. The van der Waals surface area contributed by atoms with E-state index in [-0.39, 0.29) is 16.7 Å². The molecule has 110 valence electrons. The first-order valence-corrected chi connectivity index (χ1v) is 6.14. The van der Waals surface area contributed by atoms with Crippen LogP contribution in [0.4, 0.5) is 8.78 Å². The lowest BCUT2D eigenvalue weighted by atomic mass is 10.1. The van der Waals surface area contributed by atoms with Crippen molar-refractivity contribution in [2.24, 2.45) is 0 Å². The van der Waals surface area contributed by atoms with Crippen LogP contribution in [0.2, 0.25) is 0 Å². The predicted molar refractivity (Wildman–Crippen MR) is 68.7 cm³/mol. The molecule has 0 bridgehead atoms. The minimum atomic E-state index is -1.24. The highest BCUT2D eigenvalue weighted by Gasteiger charge is 2.38. The molecule has 2 aromatic rings. The van der Waals surface area contributed by atoms with E-state index in [4.69, 9.17) is 4.84 Å². The number of amides is 2. The average molecular weight is 303 g/mol. The van der Waals surface area contributed by atoms with Crippen molar-refractivity contribution in [2.75, 3.05) is 0 Å². The lowest BCUT2D eigenvalue weighted by molar-refractivity contribution is -0.0584. The van der Waals surface area contributed by atoms with Crippen molar-refractivity contribution in [2.45, 2.75) is 0 Å². The van der Waals surface area contributed by atoms with E-state index in [0.717, 1.165) is 12.1 Å². The third-order valence-electron chi connectivity index (χ3n) is 3.09. The number of carbonyl (C=O) groups is 3. The van der Waals surface area contributed by atoms with E-state index >= 15 is 0 Å². The second kappa shape index (κ2) is 5.03. The van der Waals surface area contributed by atoms with Gasteiger partial charge in [0, 0.05) is 0 Å². The number of rotatable bonds is 2. The van der Waals surface area contributed by atoms with Crippen molar-refractivity contribution in [3.63, 3.8) is 0 Å². The van der Waals surface area contributed by atoms with Crippen molar-refractivity contribution >= 4 is 17.8 Å². The lowest BCUT2D eigenvalue weighted by Crippen LogP contribution is -2.32. The third kappa shape index (κ3) is 2.12. The van der Waals surface area contributed by atoms with Gasteiger partial charge in [-0.2, -0.15) is 0 Å². The van der Waals surface area contributed by atoms with Crippen LogP contribution in [0.25, 0.3) is 0 Å². The number of hydrogen-bond acceptors (Lipinski definition) is 4. The van der Waals surface area contributed by atoms with E-state index in [1.807, 2.05) is 0 Å². The van der Waals surface area contributed by atoms with Crippen molar-refractivity contribution in [1.82, 2.24) is 5.06 Å². The van der Waals surface area contributed by atoms with Crippen LogP contribution in [0.5, 0.6) is 0 Å². The average Bonchev–Trinajstić information content (AvgIpc) is 2.75. The summed E-state index contributed by atoms with van der Waals surface area (Å²) in [7, 11) is 0. The number of carbonyl (C=O) groups excluding carboxylic acids is 3. The van der Waals surface area contributed by atoms with Gasteiger partial charge in [0.1, 0.15) is 0 Å². The van der Waals surface area contributed by atoms with Crippen molar-refractivity contribution in [1.29, 1.82) is 0 Å². The Hall–Kier alpha value is -3.09. The molecule has 5 nitrogen and oxygen atoms in total. The van der Waals surface area contributed by atoms with E-state index < -0.39 is 29.4 Å². The van der Waals surface area contributed by atoms with Crippen molar-refractivity contribution in [3.05, 3.63) is 70.8 Å². The van der Waals surface area contributed by atoms with Crippen molar-refractivity contribution < 1.29 is 28.0 Å². The summed E-state index contributed by atoms with van der Waals surface area (Å²) in [5.74, 6) is -5.10. The number of fused-ring (bicyclic) bond motifs is 1. The number of hydroxylamine groups is 2. The standard InChI is InChI=1S/C15H7F2NO4/c16-11-6-5-8(7-12(11)17)15(21)22-18-13(19)9-3-1-2-4-10(9)14(18)20/h1-7H. The lowest BCUT2D eigenvalue weighted by Gasteiger charge is -2.12. The molecule has 0 atom stereocenters. The fraction of sp³-hybridized carbons (Fsp3) is 0. The Morgan fingerprint density at radius 1 is 0.909 bits per heavy atom. The zero-order valence-electron chi connectivity index (χ0n) is 10.9. The van der Waals surface area contributed by atoms with Gasteiger partial charge in [-0.25, -0.2) is 13.6 Å². The van der Waals surface area contributed by atoms with Crippen LogP contribution in [0.3, 0.4) is 0 Å². The molecule has 0 N–H and O–H groups in total. The summed E-state index contributed by atoms with van der Waals surface area (Å²) in [6.07, 6.45) is 0. The van der Waals surface area contributed by atoms with Gasteiger partial charge in [0.2, 0.25) is 0 Å². The van der Waals surface area contributed by atoms with Crippen LogP contribution in [-0.4, -0.2) is 22.8 Å². The zero-order valence-corrected chi connectivity index (χ0v) is 10.9. The van der Waals surface area contributed by atoms with Gasteiger partial charge in [0.05, 0.1) is 16.7 Å². The molecule has 1 heterocycles. The van der Waals surface area contributed by atoms with E-state index in [0.29, 0.717) is 11.1 Å². The first-order valence-electron chi connectivity index (χ1n) is 6.14. The minimum absolute atomic E-state index is 0.102. The van der Waals surface area contributed by atoms with E-state index in [9.17, 15) is 23.2 Å². The Labute approximate surface area is 122 Å². The number of nitrogens with zero attached hydrogens (tertiary/aromatic N) is 1. The molecule has 0 saturated heterocycles. The van der Waals surface area contributed by atoms with Crippen LogP contribution in [-0.2, 0) is 4.84 Å². The Bertz CT molecular complexity index is 784. The summed E-state index contributed by atoms with van der Waals surface area (Å²) in [6.45, 7) is 0. The van der Waals surface area contributed by atoms with E-state index in [1.54, 1.807) is 12.1 Å². The van der Waals surface area contributed by atoms with Gasteiger partial charge in [-0.3, -0.25) is 9.59 Å². The molecule has 0 fully saturated rings. The van der Waals surface area contributed by atoms with Gasteiger partial charge in [-0.1, -0.05) is 17.2 Å². The van der Waals surface area contributed by atoms with E-state index in [1.165, 1.54) is 12.1 Å². The summed E-state index contributed by atoms with van der Waals surface area (Å²) < 4.78 is 25.9. The first kappa shape index (κ1) is 13.9. The molecule has 7 heteroatoms. The Kier molecular flexibility index (Phi) is 3.17. The van der Waals surface area contributed by atoms with Crippen molar-refractivity contribution in [3.8, 4) is 0 Å². The SMILES string of the molecule is O=C(ON1C(=O)c2ccccc2C1=O)c1ccc(F)c(F)c1. The summed E-state index contributed by atoms with van der Waals surface area (Å²) in [6, 6.07) is 8.31. The molecule has 1 aliphatic heterocycles.